The summed E-state index contributed by atoms with van der Waals surface area (Å²) in [6.45, 7) is 0.865. The molecule has 0 saturated carbocycles. The van der Waals surface area contributed by atoms with Crippen LogP contribution in [0.5, 0.6) is 11.5 Å². The molecule has 1 heterocycles. The Morgan fingerprint density at radius 1 is 0.821 bits per heavy atom. The van der Waals surface area contributed by atoms with Gasteiger partial charge in [-0.2, -0.15) is 5.10 Å². The molecule has 4 aromatic rings. The van der Waals surface area contributed by atoms with Crippen LogP contribution in [0.2, 0.25) is 0 Å². The second-order valence-electron chi connectivity index (χ2n) is 6.70. The van der Waals surface area contributed by atoms with E-state index in [2.05, 4.69) is 51.9 Å². The van der Waals surface area contributed by atoms with Crippen LogP contribution < -0.4 is 10.1 Å². The molecule has 1 aromatic heterocycles. The number of para-hydroxylation sites is 1. The number of aromatic amines is 1. The summed E-state index contributed by atoms with van der Waals surface area (Å²) in [7, 11) is 1.99. The Balaban J connectivity index is 1.54. The van der Waals surface area contributed by atoms with E-state index in [1.54, 1.807) is 0 Å². The van der Waals surface area contributed by atoms with Crippen LogP contribution in [0.4, 0.5) is 0 Å². The van der Waals surface area contributed by atoms with Crippen LogP contribution in [-0.2, 0) is 0 Å². The molecule has 2 N–H and O–H groups in total. The number of H-pyrrole nitrogens is 1. The van der Waals surface area contributed by atoms with Crippen LogP contribution in [0.1, 0.15) is 17.0 Å². The number of benzene rings is 3. The standard InChI is InChI=1S/C24H23N3O/c1-25-17-24(19-9-7-18(8-10-19)21-15-26-27-16-21)20-11-13-23(14-12-20)28-22-5-3-2-4-6-22/h2-16,24-25H,17H2,1H3,(H,26,27). The third-order valence-corrected chi connectivity index (χ3v) is 4.81. The fraction of sp³-hybridized carbons (Fsp3) is 0.125. The summed E-state index contributed by atoms with van der Waals surface area (Å²) in [5, 5.41) is 10.2. The molecular weight excluding hydrogens is 346 g/mol. The van der Waals surface area contributed by atoms with E-state index in [1.165, 1.54) is 11.1 Å². The summed E-state index contributed by atoms with van der Waals surface area (Å²) >= 11 is 0. The number of rotatable bonds is 7. The van der Waals surface area contributed by atoms with Gasteiger partial charge in [-0.25, -0.2) is 0 Å². The Hall–Kier alpha value is -3.37. The van der Waals surface area contributed by atoms with Crippen molar-refractivity contribution < 1.29 is 4.74 Å². The third kappa shape index (κ3) is 4.13. The van der Waals surface area contributed by atoms with Gasteiger partial charge in [0.1, 0.15) is 11.5 Å². The summed E-state index contributed by atoms with van der Waals surface area (Å²) in [6, 6.07) is 26.9. The lowest BCUT2D eigenvalue weighted by Crippen LogP contribution is -2.18. The number of hydrogen-bond donors (Lipinski definition) is 2. The molecule has 3 aromatic carbocycles. The number of likely N-dealkylation sites (N-methyl/N-ethyl adjacent to an activating group) is 1. The van der Waals surface area contributed by atoms with Gasteiger partial charge < -0.3 is 10.1 Å². The minimum atomic E-state index is 0.272. The Kier molecular flexibility index (Phi) is 5.50. The minimum Gasteiger partial charge on any atom is -0.457 e. The monoisotopic (exact) mass is 369 g/mol. The van der Waals surface area contributed by atoms with Gasteiger partial charge in [0, 0.05) is 24.2 Å². The summed E-state index contributed by atoms with van der Waals surface area (Å²) in [5.74, 6) is 1.96. The first-order chi connectivity index (χ1) is 13.8. The average Bonchev–Trinajstić information content (AvgIpc) is 3.29. The Labute approximate surface area is 165 Å². The number of nitrogens with zero attached hydrogens (tertiary/aromatic N) is 1. The molecule has 4 rings (SSSR count). The normalized spacial score (nSPS) is 11.9. The molecule has 1 atom stereocenters. The summed E-state index contributed by atoms with van der Waals surface area (Å²) in [4.78, 5) is 0. The van der Waals surface area contributed by atoms with Crippen LogP contribution in [0.25, 0.3) is 11.1 Å². The van der Waals surface area contributed by atoms with Gasteiger partial charge in [0.25, 0.3) is 0 Å². The lowest BCUT2D eigenvalue weighted by molar-refractivity contribution is 0.482. The molecule has 0 amide bonds. The van der Waals surface area contributed by atoms with E-state index in [-0.39, 0.29) is 5.92 Å². The zero-order valence-electron chi connectivity index (χ0n) is 15.8. The minimum absolute atomic E-state index is 0.272. The number of ether oxygens (including phenoxy) is 1. The average molecular weight is 369 g/mol. The van der Waals surface area contributed by atoms with E-state index in [0.29, 0.717) is 0 Å². The van der Waals surface area contributed by atoms with E-state index in [1.807, 2.05) is 61.9 Å². The van der Waals surface area contributed by atoms with Crippen molar-refractivity contribution in [2.24, 2.45) is 0 Å². The maximum atomic E-state index is 5.91. The van der Waals surface area contributed by atoms with Gasteiger partial charge in [-0.05, 0) is 48.0 Å². The molecule has 0 radical (unpaired) electrons. The van der Waals surface area contributed by atoms with E-state index >= 15 is 0 Å². The molecule has 0 bridgehead atoms. The van der Waals surface area contributed by atoms with Gasteiger partial charge in [0.15, 0.2) is 0 Å². The van der Waals surface area contributed by atoms with Crippen molar-refractivity contribution in [3.63, 3.8) is 0 Å². The number of aromatic nitrogens is 2. The van der Waals surface area contributed by atoms with E-state index in [9.17, 15) is 0 Å². The van der Waals surface area contributed by atoms with E-state index in [4.69, 9.17) is 4.74 Å². The van der Waals surface area contributed by atoms with Crippen molar-refractivity contribution in [1.82, 2.24) is 15.5 Å². The summed E-state index contributed by atoms with van der Waals surface area (Å²) in [6.07, 6.45) is 3.75. The molecule has 0 aliphatic rings. The van der Waals surface area contributed by atoms with Crippen LogP contribution in [0.3, 0.4) is 0 Å². The highest BCUT2D eigenvalue weighted by atomic mass is 16.5. The first-order valence-corrected chi connectivity index (χ1v) is 9.40. The van der Waals surface area contributed by atoms with Crippen LogP contribution >= 0.6 is 0 Å². The lowest BCUT2D eigenvalue weighted by atomic mass is 9.90. The number of hydrogen-bond acceptors (Lipinski definition) is 3. The second kappa shape index (κ2) is 8.55. The maximum absolute atomic E-state index is 5.91. The summed E-state index contributed by atoms with van der Waals surface area (Å²) < 4.78 is 5.91. The predicted octanol–water partition coefficient (Wildman–Crippen LogP) is 5.22. The van der Waals surface area contributed by atoms with Gasteiger partial charge >= 0.3 is 0 Å². The molecule has 0 aliphatic heterocycles. The third-order valence-electron chi connectivity index (χ3n) is 4.81. The molecule has 0 aliphatic carbocycles. The highest BCUT2D eigenvalue weighted by molar-refractivity contribution is 5.62. The first-order valence-electron chi connectivity index (χ1n) is 9.40. The second-order valence-corrected chi connectivity index (χ2v) is 6.70. The zero-order valence-corrected chi connectivity index (χ0v) is 15.8. The lowest BCUT2D eigenvalue weighted by Gasteiger charge is -2.18. The Morgan fingerprint density at radius 3 is 2.07 bits per heavy atom. The molecule has 0 saturated heterocycles. The quantitative estimate of drug-likeness (QED) is 0.469. The fourth-order valence-electron chi connectivity index (χ4n) is 3.34. The van der Waals surface area contributed by atoms with E-state index in [0.717, 1.165) is 29.2 Å². The highest BCUT2D eigenvalue weighted by Crippen LogP contribution is 2.29. The molecule has 4 heteroatoms. The molecular formula is C24H23N3O. The summed E-state index contributed by atoms with van der Waals surface area (Å²) in [5.41, 5.74) is 4.79. The van der Waals surface area contributed by atoms with Crippen molar-refractivity contribution in [2.45, 2.75) is 5.92 Å². The Bertz CT molecular complexity index is 978. The van der Waals surface area contributed by atoms with E-state index < -0.39 is 0 Å². The SMILES string of the molecule is CNCC(c1ccc(Oc2ccccc2)cc1)c1ccc(-c2cn[nH]c2)cc1. The molecule has 1 unspecified atom stereocenters. The fourth-order valence-corrected chi connectivity index (χ4v) is 3.34. The van der Waals surface area contributed by atoms with Crippen LogP contribution in [0.15, 0.2) is 91.3 Å². The predicted molar refractivity (Wildman–Crippen MR) is 113 cm³/mol. The molecule has 0 spiro atoms. The molecule has 28 heavy (non-hydrogen) atoms. The van der Waals surface area contributed by atoms with Gasteiger partial charge in [-0.3, -0.25) is 5.10 Å². The largest absolute Gasteiger partial charge is 0.457 e. The van der Waals surface area contributed by atoms with Gasteiger partial charge in [0.05, 0.1) is 6.20 Å². The van der Waals surface area contributed by atoms with Crippen molar-refractivity contribution in [3.8, 4) is 22.6 Å². The van der Waals surface area contributed by atoms with Gasteiger partial charge in [-0.1, -0.05) is 54.6 Å². The molecule has 4 nitrogen and oxygen atoms in total. The highest BCUT2D eigenvalue weighted by Gasteiger charge is 2.14. The topological polar surface area (TPSA) is 49.9 Å². The number of nitrogens with one attached hydrogen (secondary N) is 2. The van der Waals surface area contributed by atoms with Crippen LogP contribution in [-0.4, -0.2) is 23.8 Å². The van der Waals surface area contributed by atoms with Crippen molar-refractivity contribution >= 4 is 0 Å². The van der Waals surface area contributed by atoms with Crippen molar-refractivity contribution in [3.05, 3.63) is 102 Å². The molecule has 0 fully saturated rings. The first kappa shape index (κ1) is 18.0. The Morgan fingerprint density at radius 2 is 1.46 bits per heavy atom. The van der Waals surface area contributed by atoms with Crippen molar-refractivity contribution in [1.29, 1.82) is 0 Å². The van der Waals surface area contributed by atoms with Gasteiger partial charge in [-0.15, -0.1) is 0 Å². The smallest absolute Gasteiger partial charge is 0.127 e. The van der Waals surface area contributed by atoms with Crippen LogP contribution in [0, 0.1) is 0 Å². The maximum Gasteiger partial charge on any atom is 0.127 e. The molecule has 140 valence electrons. The van der Waals surface area contributed by atoms with Gasteiger partial charge in [0.2, 0.25) is 0 Å². The van der Waals surface area contributed by atoms with Crippen molar-refractivity contribution in [2.75, 3.05) is 13.6 Å². The zero-order chi connectivity index (χ0) is 19.2.